The van der Waals surface area contributed by atoms with E-state index >= 15 is 0 Å². The number of carboxylic acid groups (broad SMARTS) is 1. The molecule has 0 aromatic carbocycles. The Balaban J connectivity index is 2.29. The van der Waals surface area contributed by atoms with Crippen LogP contribution in [0.4, 0.5) is 0 Å². The molecule has 14 heavy (non-hydrogen) atoms. The maximum Gasteiger partial charge on any atom is 0.320 e. The van der Waals surface area contributed by atoms with Crippen LogP contribution in [0.2, 0.25) is 0 Å². The topological polar surface area (TPSA) is 89.3 Å². The van der Waals surface area contributed by atoms with Crippen LogP contribution in [0, 0.1) is 5.92 Å². The molecule has 0 unspecified atom stereocenters. The molecule has 0 bridgehead atoms. The first kappa shape index (κ1) is 10.9. The van der Waals surface area contributed by atoms with Crippen LogP contribution in [0.25, 0.3) is 0 Å². The van der Waals surface area contributed by atoms with Gasteiger partial charge in [-0.25, -0.2) is 0 Å². The fraction of sp³-hybridized carbons (Fsp3) is 0.500. The Labute approximate surface area is 83.3 Å². The van der Waals surface area contributed by atoms with Crippen LogP contribution in [-0.4, -0.2) is 23.2 Å². The smallest absolute Gasteiger partial charge is 0.320 e. The zero-order valence-electron chi connectivity index (χ0n) is 7.97. The van der Waals surface area contributed by atoms with Gasteiger partial charge >= 0.3 is 5.97 Å². The minimum atomic E-state index is -0.939. The van der Waals surface area contributed by atoms with Crippen molar-refractivity contribution in [1.82, 2.24) is 0 Å². The van der Waals surface area contributed by atoms with Crippen molar-refractivity contribution >= 4 is 5.97 Å². The maximum atomic E-state index is 10.4. The number of hydrogen-bond acceptors (Lipinski definition) is 3. The Morgan fingerprint density at radius 2 is 1.93 bits per heavy atom. The lowest BCUT2D eigenvalue weighted by molar-refractivity contribution is -0.138. The van der Waals surface area contributed by atoms with E-state index in [1.54, 1.807) is 0 Å². The van der Waals surface area contributed by atoms with Gasteiger partial charge in [0.1, 0.15) is 6.04 Å². The van der Waals surface area contributed by atoms with Gasteiger partial charge in [0, 0.05) is 6.04 Å². The van der Waals surface area contributed by atoms with Gasteiger partial charge in [-0.05, 0) is 18.8 Å². The van der Waals surface area contributed by atoms with E-state index in [1.807, 2.05) is 24.3 Å². The lowest BCUT2D eigenvalue weighted by atomic mass is 9.95. The van der Waals surface area contributed by atoms with Crippen LogP contribution >= 0.6 is 0 Å². The number of hydrogen-bond donors (Lipinski definition) is 3. The van der Waals surface area contributed by atoms with Gasteiger partial charge in [-0.15, -0.1) is 0 Å². The van der Waals surface area contributed by atoms with Crippen molar-refractivity contribution in [1.29, 1.82) is 0 Å². The van der Waals surface area contributed by atoms with E-state index in [1.165, 1.54) is 0 Å². The lowest BCUT2D eigenvalue weighted by Crippen LogP contribution is -2.30. The second-order valence-corrected chi connectivity index (χ2v) is 3.53. The average molecular weight is 196 g/mol. The summed E-state index contributed by atoms with van der Waals surface area (Å²) < 4.78 is 0. The van der Waals surface area contributed by atoms with E-state index < -0.39 is 12.0 Å². The summed E-state index contributed by atoms with van der Waals surface area (Å²) in [6.45, 7) is 0. The third-order valence-corrected chi connectivity index (χ3v) is 2.29. The molecule has 0 aliphatic heterocycles. The number of nitrogens with two attached hydrogens (primary N) is 2. The van der Waals surface area contributed by atoms with Gasteiger partial charge in [0.2, 0.25) is 0 Å². The zero-order valence-corrected chi connectivity index (χ0v) is 7.97. The molecule has 0 heterocycles. The standard InChI is InChI=1S/C10H16N2O2/c11-8-4-1-7(2-5-8)3-6-9(12)10(13)14/h1-2,4-5,7-9H,3,6,11-12H2,(H,13,14)/t7?,8?,9-/m0/s1. The van der Waals surface area contributed by atoms with Crippen LogP contribution in [0.5, 0.6) is 0 Å². The largest absolute Gasteiger partial charge is 0.480 e. The molecular formula is C10H16N2O2. The van der Waals surface area contributed by atoms with E-state index in [2.05, 4.69) is 0 Å². The van der Waals surface area contributed by atoms with E-state index in [4.69, 9.17) is 16.6 Å². The molecule has 0 aromatic rings. The second-order valence-electron chi connectivity index (χ2n) is 3.53. The molecule has 5 N–H and O–H groups in total. The molecule has 0 saturated heterocycles. The highest BCUT2D eigenvalue weighted by Crippen LogP contribution is 2.15. The number of carboxylic acids is 1. The van der Waals surface area contributed by atoms with E-state index in [0.717, 1.165) is 6.42 Å². The highest BCUT2D eigenvalue weighted by molar-refractivity contribution is 5.72. The number of aliphatic carboxylic acids is 1. The SMILES string of the molecule is NC1C=CC(CC[C@H](N)C(=O)O)C=C1. The minimum Gasteiger partial charge on any atom is -0.480 e. The van der Waals surface area contributed by atoms with Gasteiger partial charge < -0.3 is 16.6 Å². The average Bonchev–Trinajstić information content (AvgIpc) is 2.16. The summed E-state index contributed by atoms with van der Waals surface area (Å²) in [5.41, 5.74) is 11.0. The number of allylic oxidation sites excluding steroid dienone is 2. The van der Waals surface area contributed by atoms with Crippen molar-refractivity contribution in [2.45, 2.75) is 24.9 Å². The summed E-state index contributed by atoms with van der Waals surface area (Å²) in [5, 5.41) is 8.57. The molecule has 0 aromatic heterocycles. The zero-order chi connectivity index (χ0) is 10.6. The van der Waals surface area contributed by atoms with Crippen LogP contribution < -0.4 is 11.5 Å². The predicted molar refractivity (Wildman–Crippen MR) is 54.6 cm³/mol. The summed E-state index contributed by atoms with van der Waals surface area (Å²) >= 11 is 0. The fourth-order valence-electron chi connectivity index (χ4n) is 1.36. The van der Waals surface area contributed by atoms with E-state index in [0.29, 0.717) is 6.42 Å². The van der Waals surface area contributed by atoms with Crippen molar-refractivity contribution < 1.29 is 9.90 Å². The molecule has 1 aliphatic carbocycles. The van der Waals surface area contributed by atoms with E-state index in [-0.39, 0.29) is 12.0 Å². The van der Waals surface area contributed by atoms with Crippen molar-refractivity contribution in [2.75, 3.05) is 0 Å². The molecule has 1 atom stereocenters. The molecule has 1 rings (SSSR count). The molecular weight excluding hydrogens is 180 g/mol. The first-order valence-electron chi connectivity index (χ1n) is 4.70. The molecule has 4 heteroatoms. The van der Waals surface area contributed by atoms with Crippen molar-refractivity contribution in [2.24, 2.45) is 17.4 Å². The van der Waals surface area contributed by atoms with Crippen molar-refractivity contribution in [3.63, 3.8) is 0 Å². The highest BCUT2D eigenvalue weighted by atomic mass is 16.4. The summed E-state index contributed by atoms with van der Waals surface area (Å²) in [6, 6.07) is -0.758. The molecule has 4 nitrogen and oxygen atoms in total. The van der Waals surface area contributed by atoms with Gasteiger partial charge in [0.25, 0.3) is 0 Å². The maximum absolute atomic E-state index is 10.4. The normalized spacial score (nSPS) is 27.6. The third kappa shape index (κ3) is 3.32. The third-order valence-electron chi connectivity index (χ3n) is 2.29. The van der Waals surface area contributed by atoms with Crippen LogP contribution in [0.3, 0.4) is 0 Å². The molecule has 1 aliphatic rings. The molecule has 0 saturated carbocycles. The van der Waals surface area contributed by atoms with Crippen LogP contribution in [-0.2, 0) is 4.79 Å². The van der Waals surface area contributed by atoms with Gasteiger partial charge in [-0.3, -0.25) is 4.79 Å². The molecule has 0 radical (unpaired) electrons. The van der Waals surface area contributed by atoms with Crippen LogP contribution in [0.15, 0.2) is 24.3 Å². The Kier molecular flexibility index (Phi) is 3.85. The number of rotatable bonds is 4. The Morgan fingerprint density at radius 3 is 2.43 bits per heavy atom. The second kappa shape index (κ2) is 4.93. The van der Waals surface area contributed by atoms with E-state index in [9.17, 15) is 4.79 Å². The first-order chi connectivity index (χ1) is 6.59. The Bertz CT molecular complexity index is 247. The molecule has 0 spiro atoms. The number of carbonyl (C=O) groups is 1. The molecule has 0 amide bonds. The quantitative estimate of drug-likeness (QED) is 0.562. The summed E-state index contributed by atoms with van der Waals surface area (Å²) in [7, 11) is 0. The van der Waals surface area contributed by atoms with Gasteiger partial charge in [0.15, 0.2) is 0 Å². The monoisotopic (exact) mass is 196 g/mol. The van der Waals surface area contributed by atoms with Crippen LogP contribution in [0.1, 0.15) is 12.8 Å². The predicted octanol–water partition coefficient (Wildman–Crippen LogP) is 0.248. The van der Waals surface area contributed by atoms with Crippen molar-refractivity contribution in [3.8, 4) is 0 Å². The summed E-state index contributed by atoms with van der Waals surface area (Å²) in [6.07, 6.45) is 9.07. The van der Waals surface area contributed by atoms with Crippen molar-refractivity contribution in [3.05, 3.63) is 24.3 Å². The Hall–Kier alpha value is -1.13. The summed E-state index contributed by atoms with van der Waals surface area (Å²) in [5.74, 6) is -0.661. The first-order valence-corrected chi connectivity index (χ1v) is 4.70. The molecule has 0 fully saturated rings. The van der Waals surface area contributed by atoms with Gasteiger partial charge in [0.05, 0.1) is 0 Å². The fourth-order valence-corrected chi connectivity index (χ4v) is 1.36. The minimum absolute atomic E-state index is 0.000558. The summed E-state index contributed by atoms with van der Waals surface area (Å²) in [4.78, 5) is 10.4. The van der Waals surface area contributed by atoms with Gasteiger partial charge in [-0.1, -0.05) is 24.3 Å². The van der Waals surface area contributed by atoms with Gasteiger partial charge in [-0.2, -0.15) is 0 Å². The molecule has 78 valence electrons. The highest BCUT2D eigenvalue weighted by Gasteiger charge is 2.13. The Morgan fingerprint density at radius 1 is 1.36 bits per heavy atom. The lowest BCUT2D eigenvalue weighted by Gasteiger charge is -2.14.